The van der Waals surface area contributed by atoms with Crippen molar-refractivity contribution in [3.8, 4) is 11.5 Å². The van der Waals surface area contributed by atoms with Crippen LogP contribution >= 0.6 is 11.6 Å². The van der Waals surface area contributed by atoms with E-state index in [4.69, 9.17) is 25.8 Å². The number of carbonyl (C=O) groups is 2. The Hall–Kier alpha value is -4.50. The van der Waals surface area contributed by atoms with Crippen LogP contribution in [0.5, 0.6) is 11.5 Å². The Labute approximate surface area is 204 Å². The summed E-state index contributed by atoms with van der Waals surface area (Å²) in [5.41, 5.74) is 0.804. The van der Waals surface area contributed by atoms with E-state index in [1.807, 2.05) is 0 Å². The van der Waals surface area contributed by atoms with Gasteiger partial charge in [-0.1, -0.05) is 35.9 Å². The molecule has 176 valence electrons. The van der Waals surface area contributed by atoms with Crippen LogP contribution in [-0.4, -0.2) is 29.4 Å². The zero-order valence-corrected chi connectivity index (χ0v) is 19.0. The Balaban J connectivity index is 1.61. The van der Waals surface area contributed by atoms with E-state index in [-0.39, 0.29) is 33.6 Å². The van der Waals surface area contributed by atoms with Gasteiger partial charge < -0.3 is 14.2 Å². The molecule has 0 aromatic heterocycles. The van der Waals surface area contributed by atoms with Crippen LogP contribution in [0.2, 0.25) is 5.02 Å². The van der Waals surface area contributed by atoms with Gasteiger partial charge in [-0.2, -0.15) is 0 Å². The van der Waals surface area contributed by atoms with E-state index in [9.17, 15) is 19.7 Å². The second-order valence-electron chi connectivity index (χ2n) is 7.15. The molecule has 3 aromatic carbocycles. The number of nitro benzene ring substituents is 1. The highest BCUT2D eigenvalue weighted by atomic mass is 35.5. The third kappa shape index (κ3) is 5.36. The van der Waals surface area contributed by atoms with Gasteiger partial charge in [-0.3, -0.25) is 10.1 Å². The molecule has 0 N–H and O–H groups in total. The highest BCUT2D eigenvalue weighted by Crippen LogP contribution is 2.31. The maximum Gasteiger partial charge on any atom is 0.363 e. The van der Waals surface area contributed by atoms with E-state index in [1.54, 1.807) is 55.5 Å². The lowest BCUT2D eigenvalue weighted by Gasteiger charge is -2.11. The summed E-state index contributed by atoms with van der Waals surface area (Å²) in [4.78, 5) is 39.4. The van der Waals surface area contributed by atoms with Crippen LogP contribution in [0.3, 0.4) is 0 Å². The molecule has 10 heteroatoms. The number of carbonyl (C=O) groups excluding carboxylic acids is 2. The summed E-state index contributed by atoms with van der Waals surface area (Å²) in [5.74, 6) is -0.831. The molecular weight excluding hydrogens is 476 g/mol. The van der Waals surface area contributed by atoms with E-state index in [1.165, 1.54) is 24.3 Å². The minimum absolute atomic E-state index is 0.0194. The maximum atomic E-state index is 12.4. The first-order valence-electron chi connectivity index (χ1n) is 10.4. The van der Waals surface area contributed by atoms with Gasteiger partial charge in [-0.15, -0.1) is 0 Å². The Morgan fingerprint density at radius 1 is 1.11 bits per heavy atom. The second kappa shape index (κ2) is 10.2. The predicted octanol–water partition coefficient (Wildman–Crippen LogP) is 5.21. The number of halogens is 1. The van der Waals surface area contributed by atoms with Crippen LogP contribution in [-0.2, 0) is 9.53 Å². The lowest BCUT2D eigenvalue weighted by molar-refractivity contribution is -0.384. The normalized spacial score (nSPS) is 13.8. The van der Waals surface area contributed by atoms with Crippen molar-refractivity contribution < 1.29 is 28.7 Å². The largest absolute Gasteiger partial charge is 0.490 e. The van der Waals surface area contributed by atoms with Crippen molar-refractivity contribution in [3.05, 3.63) is 104 Å². The molecule has 0 fully saturated rings. The van der Waals surface area contributed by atoms with E-state index < -0.39 is 16.9 Å². The van der Waals surface area contributed by atoms with E-state index in [0.717, 1.165) is 0 Å². The zero-order chi connectivity index (χ0) is 24.9. The molecule has 0 saturated carbocycles. The summed E-state index contributed by atoms with van der Waals surface area (Å²) < 4.78 is 16.3. The molecule has 35 heavy (non-hydrogen) atoms. The van der Waals surface area contributed by atoms with Gasteiger partial charge in [0.1, 0.15) is 5.02 Å². The van der Waals surface area contributed by atoms with Crippen molar-refractivity contribution in [3.63, 3.8) is 0 Å². The number of ether oxygens (including phenoxy) is 3. The third-order valence-corrected chi connectivity index (χ3v) is 5.11. The molecule has 4 rings (SSSR count). The maximum absolute atomic E-state index is 12.4. The molecule has 0 amide bonds. The van der Waals surface area contributed by atoms with Crippen LogP contribution in [0, 0.1) is 10.1 Å². The number of nitrogens with zero attached hydrogens (tertiary/aromatic N) is 2. The summed E-state index contributed by atoms with van der Waals surface area (Å²) in [7, 11) is 0. The topological polar surface area (TPSA) is 117 Å². The molecule has 1 heterocycles. The van der Waals surface area contributed by atoms with Crippen molar-refractivity contribution in [1.29, 1.82) is 0 Å². The SMILES string of the molecule is CCOc1cc(/C=C2\N=C(c3ccc(Cl)c([N+](=O)[O-])c3)OC2=O)ccc1OC(=O)c1ccccc1. The Morgan fingerprint density at radius 3 is 2.60 bits per heavy atom. The van der Waals surface area contributed by atoms with Crippen LogP contribution in [0.25, 0.3) is 6.08 Å². The average Bonchev–Trinajstić information content (AvgIpc) is 3.21. The van der Waals surface area contributed by atoms with Crippen molar-refractivity contribution >= 4 is 41.2 Å². The molecule has 0 bridgehead atoms. The molecule has 0 aliphatic carbocycles. The van der Waals surface area contributed by atoms with E-state index >= 15 is 0 Å². The second-order valence-corrected chi connectivity index (χ2v) is 7.56. The molecule has 1 aliphatic rings. The molecule has 3 aromatic rings. The molecular formula is C25H17ClN2O7. The summed E-state index contributed by atoms with van der Waals surface area (Å²) >= 11 is 5.84. The fourth-order valence-electron chi connectivity index (χ4n) is 3.18. The van der Waals surface area contributed by atoms with Gasteiger partial charge in [0.05, 0.1) is 17.1 Å². The van der Waals surface area contributed by atoms with E-state index in [2.05, 4.69) is 4.99 Å². The Kier molecular flexibility index (Phi) is 6.88. The average molecular weight is 493 g/mol. The lowest BCUT2D eigenvalue weighted by Crippen LogP contribution is -2.09. The first-order chi connectivity index (χ1) is 16.9. The monoisotopic (exact) mass is 492 g/mol. The smallest absolute Gasteiger partial charge is 0.363 e. The number of hydrogen-bond acceptors (Lipinski definition) is 8. The predicted molar refractivity (Wildman–Crippen MR) is 128 cm³/mol. The highest BCUT2D eigenvalue weighted by molar-refractivity contribution is 6.32. The lowest BCUT2D eigenvalue weighted by atomic mass is 10.1. The van der Waals surface area contributed by atoms with Gasteiger partial charge in [0.15, 0.2) is 17.2 Å². The van der Waals surface area contributed by atoms with Crippen LogP contribution in [0.1, 0.15) is 28.4 Å². The molecule has 0 unspecified atom stereocenters. The quantitative estimate of drug-likeness (QED) is 0.146. The van der Waals surface area contributed by atoms with Gasteiger partial charge in [-0.25, -0.2) is 14.6 Å². The molecule has 9 nitrogen and oxygen atoms in total. The number of esters is 2. The van der Waals surface area contributed by atoms with Crippen LogP contribution in [0.4, 0.5) is 5.69 Å². The number of aliphatic imine (C=N–C) groups is 1. The molecule has 0 radical (unpaired) electrons. The van der Waals surface area contributed by atoms with Crippen molar-refractivity contribution in [1.82, 2.24) is 0 Å². The fourth-order valence-corrected chi connectivity index (χ4v) is 3.36. The summed E-state index contributed by atoms with van der Waals surface area (Å²) in [6, 6.07) is 17.3. The summed E-state index contributed by atoms with van der Waals surface area (Å²) in [6.07, 6.45) is 1.46. The highest BCUT2D eigenvalue weighted by Gasteiger charge is 2.26. The zero-order valence-electron chi connectivity index (χ0n) is 18.3. The minimum Gasteiger partial charge on any atom is -0.490 e. The van der Waals surface area contributed by atoms with Crippen LogP contribution in [0.15, 0.2) is 77.4 Å². The number of nitro groups is 1. The first kappa shape index (κ1) is 23.7. The Bertz CT molecular complexity index is 1380. The van der Waals surface area contributed by atoms with E-state index in [0.29, 0.717) is 23.5 Å². The van der Waals surface area contributed by atoms with Gasteiger partial charge >= 0.3 is 11.9 Å². The standard InChI is InChI=1S/C25H17ClN2O7/c1-2-33-22-13-15(8-11-21(22)34-24(29)16-6-4-3-5-7-16)12-19-25(30)35-23(27-19)17-9-10-18(26)20(14-17)28(31)32/h3-14H,2H2,1H3/b19-12-. The molecule has 0 spiro atoms. The van der Waals surface area contributed by atoms with Crippen molar-refractivity contribution in [2.24, 2.45) is 4.99 Å². The summed E-state index contributed by atoms with van der Waals surface area (Å²) in [5, 5.41) is 11.1. The third-order valence-electron chi connectivity index (χ3n) is 4.79. The molecule has 0 atom stereocenters. The fraction of sp³-hybridized carbons (Fsp3) is 0.0800. The Morgan fingerprint density at radius 2 is 1.89 bits per heavy atom. The van der Waals surface area contributed by atoms with Gasteiger partial charge in [-0.05, 0) is 55.0 Å². The number of rotatable bonds is 7. The van der Waals surface area contributed by atoms with Gasteiger partial charge in [0.2, 0.25) is 5.90 Å². The molecule has 1 aliphatic heterocycles. The molecule has 0 saturated heterocycles. The van der Waals surface area contributed by atoms with Crippen molar-refractivity contribution in [2.75, 3.05) is 6.61 Å². The van der Waals surface area contributed by atoms with Crippen LogP contribution < -0.4 is 9.47 Å². The minimum atomic E-state index is -0.727. The number of cyclic esters (lactones) is 1. The van der Waals surface area contributed by atoms with Gasteiger partial charge in [0, 0.05) is 11.6 Å². The number of benzene rings is 3. The van der Waals surface area contributed by atoms with Gasteiger partial charge in [0.25, 0.3) is 5.69 Å². The summed E-state index contributed by atoms with van der Waals surface area (Å²) in [6.45, 7) is 2.10. The number of hydrogen-bond donors (Lipinski definition) is 0. The van der Waals surface area contributed by atoms with Crippen molar-refractivity contribution in [2.45, 2.75) is 6.92 Å². The first-order valence-corrected chi connectivity index (χ1v) is 10.7.